The van der Waals surface area contributed by atoms with Crippen LogP contribution < -0.4 is 5.73 Å². The van der Waals surface area contributed by atoms with E-state index in [0.717, 1.165) is 13.0 Å². The number of ether oxygens (including phenoxy) is 1. The van der Waals surface area contributed by atoms with Crippen LogP contribution >= 0.6 is 0 Å². The molecule has 0 saturated carbocycles. The van der Waals surface area contributed by atoms with Gasteiger partial charge in [0, 0.05) is 13.1 Å². The van der Waals surface area contributed by atoms with Gasteiger partial charge >= 0.3 is 0 Å². The highest BCUT2D eigenvalue weighted by molar-refractivity contribution is 5.78. The van der Waals surface area contributed by atoms with E-state index in [1.165, 1.54) is 0 Å². The summed E-state index contributed by atoms with van der Waals surface area (Å²) in [6.07, 6.45) is 0.847. The van der Waals surface area contributed by atoms with E-state index in [4.69, 9.17) is 15.6 Å². The fraction of sp³-hybridized carbons (Fsp3) is 0.900. The van der Waals surface area contributed by atoms with Gasteiger partial charge in [0.1, 0.15) is 0 Å². The molecule has 0 aliphatic carbocycles. The molecule has 0 spiro atoms. The van der Waals surface area contributed by atoms with Crippen molar-refractivity contribution in [2.24, 2.45) is 10.7 Å². The molecule has 1 heterocycles. The Balaban J connectivity index is 2.56. The van der Waals surface area contributed by atoms with Crippen LogP contribution in [0.5, 0.6) is 0 Å². The standard InChI is InChI=1S/C10H21N3O2/c1-3-4-12-10(11)13-5-9(6-14)15-7-8(13)2/h8-9,14H,3-7H2,1-2H3,(H2,11,12). The lowest BCUT2D eigenvalue weighted by Gasteiger charge is -2.38. The van der Waals surface area contributed by atoms with Crippen LogP contribution in [0.4, 0.5) is 0 Å². The van der Waals surface area contributed by atoms with E-state index in [1.54, 1.807) is 0 Å². The highest BCUT2D eigenvalue weighted by Gasteiger charge is 2.26. The predicted molar refractivity (Wildman–Crippen MR) is 59.8 cm³/mol. The molecule has 1 aliphatic rings. The van der Waals surface area contributed by atoms with Crippen molar-refractivity contribution in [2.75, 3.05) is 26.3 Å². The van der Waals surface area contributed by atoms with E-state index in [1.807, 2.05) is 11.8 Å². The number of guanidine groups is 1. The van der Waals surface area contributed by atoms with Crippen molar-refractivity contribution in [1.29, 1.82) is 0 Å². The first kappa shape index (κ1) is 12.3. The first-order chi connectivity index (χ1) is 7.19. The van der Waals surface area contributed by atoms with Gasteiger partial charge < -0.3 is 20.5 Å². The fourth-order valence-corrected chi connectivity index (χ4v) is 1.56. The topological polar surface area (TPSA) is 71.1 Å². The third-order valence-electron chi connectivity index (χ3n) is 2.50. The molecule has 1 fully saturated rings. The number of aliphatic hydroxyl groups excluding tert-OH is 1. The van der Waals surface area contributed by atoms with Crippen molar-refractivity contribution in [3.8, 4) is 0 Å². The molecule has 2 atom stereocenters. The fourth-order valence-electron chi connectivity index (χ4n) is 1.56. The summed E-state index contributed by atoms with van der Waals surface area (Å²) in [7, 11) is 0. The van der Waals surface area contributed by atoms with Crippen LogP contribution in [0.1, 0.15) is 20.3 Å². The number of hydrogen-bond acceptors (Lipinski definition) is 3. The normalized spacial score (nSPS) is 28.2. The number of nitrogens with zero attached hydrogens (tertiary/aromatic N) is 2. The Hall–Kier alpha value is -0.810. The molecule has 0 aromatic heterocycles. The highest BCUT2D eigenvalue weighted by Crippen LogP contribution is 2.10. The lowest BCUT2D eigenvalue weighted by Crippen LogP contribution is -2.54. The van der Waals surface area contributed by atoms with Crippen LogP contribution in [0.15, 0.2) is 4.99 Å². The van der Waals surface area contributed by atoms with Crippen LogP contribution in [0.2, 0.25) is 0 Å². The van der Waals surface area contributed by atoms with Crippen LogP contribution in [-0.2, 0) is 4.74 Å². The van der Waals surface area contributed by atoms with E-state index >= 15 is 0 Å². The maximum absolute atomic E-state index is 9.02. The van der Waals surface area contributed by atoms with E-state index in [-0.39, 0.29) is 18.8 Å². The summed E-state index contributed by atoms with van der Waals surface area (Å²) in [5.74, 6) is 0.561. The number of aliphatic hydroxyl groups is 1. The molecule has 1 aliphatic heterocycles. The molecule has 5 heteroatoms. The Morgan fingerprint density at radius 2 is 2.40 bits per heavy atom. The third-order valence-corrected chi connectivity index (χ3v) is 2.50. The minimum atomic E-state index is -0.142. The quantitative estimate of drug-likeness (QED) is 0.505. The smallest absolute Gasteiger partial charge is 0.191 e. The van der Waals surface area contributed by atoms with Crippen molar-refractivity contribution in [1.82, 2.24) is 4.90 Å². The molecule has 0 amide bonds. The molecular formula is C10H21N3O2. The zero-order chi connectivity index (χ0) is 11.3. The van der Waals surface area contributed by atoms with Gasteiger partial charge in [0.05, 0.1) is 25.4 Å². The van der Waals surface area contributed by atoms with Gasteiger partial charge in [-0.25, -0.2) is 0 Å². The van der Waals surface area contributed by atoms with Gasteiger partial charge in [-0.15, -0.1) is 0 Å². The zero-order valence-corrected chi connectivity index (χ0v) is 9.52. The first-order valence-electron chi connectivity index (χ1n) is 5.48. The Labute approximate surface area is 90.9 Å². The molecule has 0 aromatic rings. The zero-order valence-electron chi connectivity index (χ0n) is 9.52. The molecule has 15 heavy (non-hydrogen) atoms. The molecular weight excluding hydrogens is 194 g/mol. The SMILES string of the molecule is CCCN=C(N)N1CC(CO)OCC1C. The van der Waals surface area contributed by atoms with Gasteiger partial charge in [0.2, 0.25) is 0 Å². The van der Waals surface area contributed by atoms with Crippen molar-refractivity contribution in [3.05, 3.63) is 0 Å². The number of morpholine rings is 1. The van der Waals surface area contributed by atoms with Crippen molar-refractivity contribution < 1.29 is 9.84 Å². The molecule has 3 N–H and O–H groups in total. The average molecular weight is 215 g/mol. The Morgan fingerprint density at radius 1 is 1.67 bits per heavy atom. The summed E-state index contributed by atoms with van der Waals surface area (Å²) in [6.45, 7) is 6.10. The minimum Gasteiger partial charge on any atom is -0.394 e. The summed E-state index contributed by atoms with van der Waals surface area (Å²) < 4.78 is 5.42. The first-order valence-corrected chi connectivity index (χ1v) is 5.48. The number of rotatable bonds is 3. The highest BCUT2D eigenvalue weighted by atomic mass is 16.5. The molecule has 5 nitrogen and oxygen atoms in total. The molecule has 1 rings (SSSR count). The molecule has 0 bridgehead atoms. The average Bonchev–Trinajstić information content (AvgIpc) is 2.26. The summed E-state index contributed by atoms with van der Waals surface area (Å²) in [4.78, 5) is 6.27. The van der Waals surface area contributed by atoms with Crippen molar-refractivity contribution in [3.63, 3.8) is 0 Å². The van der Waals surface area contributed by atoms with Crippen LogP contribution in [0.25, 0.3) is 0 Å². The van der Waals surface area contributed by atoms with E-state index in [0.29, 0.717) is 19.1 Å². The second-order valence-electron chi connectivity index (χ2n) is 3.88. The number of nitrogens with two attached hydrogens (primary N) is 1. The van der Waals surface area contributed by atoms with Gasteiger partial charge in [-0.2, -0.15) is 0 Å². The van der Waals surface area contributed by atoms with Crippen LogP contribution in [0.3, 0.4) is 0 Å². The van der Waals surface area contributed by atoms with Crippen LogP contribution in [0, 0.1) is 0 Å². The third kappa shape index (κ3) is 3.35. The Morgan fingerprint density at radius 3 is 3.00 bits per heavy atom. The molecule has 2 unspecified atom stereocenters. The van der Waals surface area contributed by atoms with Crippen LogP contribution in [-0.4, -0.2) is 54.4 Å². The predicted octanol–water partition coefficient (Wildman–Crippen LogP) is -0.207. The lowest BCUT2D eigenvalue weighted by atomic mass is 10.2. The van der Waals surface area contributed by atoms with E-state index < -0.39 is 0 Å². The van der Waals surface area contributed by atoms with E-state index in [9.17, 15) is 0 Å². The summed E-state index contributed by atoms with van der Waals surface area (Å²) >= 11 is 0. The minimum absolute atomic E-state index is 0.0320. The number of hydrogen-bond donors (Lipinski definition) is 2. The van der Waals surface area contributed by atoms with Gasteiger partial charge in [-0.05, 0) is 13.3 Å². The molecule has 0 radical (unpaired) electrons. The molecule has 0 aromatic carbocycles. The second kappa shape index (κ2) is 5.92. The van der Waals surface area contributed by atoms with Gasteiger partial charge in [-0.1, -0.05) is 6.92 Å². The summed E-state index contributed by atoms with van der Waals surface area (Å²) in [5.41, 5.74) is 5.88. The van der Waals surface area contributed by atoms with Crippen molar-refractivity contribution >= 4 is 5.96 Å². The Bertz CT molecular complexity index is 221. The second-order valence-corrected chi connectivity index (χ2v) is 3.88. The van der Waals surface area contributed by atoms with Crippen molar-refractivity contribution in [2.45, 2.75) is 32.4 Å². The largest absolute Gasteiger partial charge is 0.394 e. The van der Waals surface area contributed by atoms with E-state index in [2.05, 4.69) is 11.9 Å². The lowest BCUT2D eigenvalue weighted by molar-refractivity contribution is -0.0564. The molecule has 88 valence electrons. The van der Waals surface area contributed by atoms with Gasteiger partial charge in [0.15, 0.2) is 5.96 Å². The number of aliphatic imine (C=N–C) groups is 1. The Kier molecular flexibility index (Phi) is 4.84. The molecule has 1 saturated heterocycles. The van der Waals surface area contributed by atoms with Gasteiger partial charge in [-0.3, -0.25) is 4.99 Å². The summed E-state index contributed by atoms with van der Waals surface area (Å²) in [6, 6.07) is 0.230. The van der Waals surface area contributed by atoms with Gasteiger partial charge in [0.25, 0.3) is 0 Å². The monoisotopic (exact) mass is 215 g/mol. The maximum atomic E-state index is 9.02. The maximum Gasteiger partial charge on any atom is 0.191 e. The summed E-state index contributed by atoms with van der Waals surface area (Å²) in [5, 5.41) is 9.02.